The molecule has 132 valence electrons. The zero-order valence-electron chi connectivity index (χ0n) is 14.4. The Bertz CT molecular complexity index is 796. The van der Waals surface area contributed by atoms with E-state index in [4.69, 9.17) is 26.5 Å². The highest BCUT2D eigenvalue weighted by molar-refractivity contribution is 6.30. The van der Waals surface area contributed by atoms with Crippen LogP contribution in [-0.2, 0) is 19.1 Å². The largest absolute Gasteiger partial charge is 0.468 e. The fourth-order valence-corrected chi connectivity index (χ4v) is 3.86. The molecule has 25 heavy (non-hydrogen) atoms. The molecule has 2 aliphatic rings. The van der Waals surface area contributed by atoms with Crippen LogP contribution in [0.25, 0.3) is 0 Å². The van der Waals surface area contributed by atoms with Gasteiger partial charge in [0.1, 0.15) is 11.7 Å². The Labute approximate surface area is 151 Å². The highest BCUT2D eigenvalue weighted by Crippen LogP contribution is 2.48. The number of carbonyl (C=O) groups is 2. The first-order valence-electron chi connectivity index (χ1n) is 8.09. The van der Waals surface area contributed by atoms with E-state index >= 15 is 0 Å². The molecule has 0 radical (unpaired) electrons. The van der Waals surface area contributed by atoms with Crippen LogP contribution in [0.4, 0.5) is 0 Å². The van der Waals surface area contributed by atoms with Crippen molar-refractivity contribution in [1.82, 2.24) is 0 Å². The van der Waals surface area contributed by atoms with E-state index in [0.717, 1.165) is 0 Å². The van der Waals surface area contributed by atoms with Crippen LogP contribution in [0.1, 0.15) is 38.2 Å². The van der Waals surface area contributed by atoms with Crippen molar-refractivity contribution in [2.75, 3.05) is 7.11 Å². The van der Waals surface area contributed by atoms with Crippen molar-refractivity contribution in [3.63, 3.8) is 0 Å². The maximum absolute atomic E-state index is 12.9. The molecule has 1 aliphatic heterocycles. The average Bonchev–Trinajstić information content (AvgIpc) is 2.51. The van der Waals surface area contributed by atoms with Crippen molar-refractivity contribution in [2.45, 2.75) is 32.6 Å². The number of methoxy groups -OCH3 is 1. The Hall–Kier alpha value is -2.14. The molecule has 0 amide bonds. The third kappa shape index (κ3) is 3.21. The second kappa shape index (κ2) is 6.30. The smallest absolute Gasteiger partial charge is 0.319 e. The number of carbonyl (C=O) groups excluding carboxylic acids is 2. The van der Waals surface area contributed by atoms with Gasteiger partial charge in [-0.3, -0.25) is 15.0 Å². The number of benzene rings is 1. The van der Waals surface area contributed by atoms with Gasteiger partial charge in [0, 0.05) is 29.4 Å². The lowest BCUT2D eigenvalue weighted by Crippen LogP contribution is -2.42. The van der Waals surface area contributed by atoms with Crippen LogP contribution in [0.2, 0.25) is 5.02 Å². The second-order valence-corrected chi connectivity index (χ2v) is 7.71. The topological polar surface area (TPSA) is 76.5 Å². The Morgan fingerprint density at radius 2 is 2.08 bits per heavy atom. The monoisotopic (exact) mass is 361 g/mol. The third-order valence-corrected chi connectivity index (χ3v) is 4.94. The highest BCUT2D eigenvalue weighted by atomic mass is 35.5. The summed E-state index contributed by atoms with van der Waals surface area (Å²) in [6.45, 7) is 3.98. The Balaban J connectivity index is 2.20. The summed E-state index contributed by atoms with van der Waals surface area (Å²) in [6.07, 6.45) is 0.912. The molecule has 1 aromatic rings. The van der Waals surface area contributed by atoms with Gasteiger partial charge in [-0.15, -0.1) is 0 Å². The molecular weight excluding hydrogens is 342 g/mol. The molecule has 1 N–H and O–H groups in total. The predicted octanol–water partition coefficient (Wildman–Crippen LogP) is 3.86. The summed E-state index contributed by atoms with van der Waals surface area (Å²) in [5, 5.41) is 8.73. The van der Waals surface area contributed by atoms with Crippen molar-refractivity contribution >= 4 is 29.3 Å². The molecular formula is C19H20ClNO4. The van der Waals surface area contributed by atoms with Gasteiger partial charge in [0.15, 0.2) is 5.78 Å². The molecule has 3 rings (SSSR count). The maximum Gasteiger partial charge on any atom is 0.319 e. The van der Waals surface area contributed by atoms with Crippen LogP contribution in [-0.4, -0.2) is 24.8 Å². The molecule has 6 heteroatoms. The summed E-state index contributed by atoms with van der Waals surface area (Å²) < 4.78 is 10.5. The maximum atomic E-state index is 12.9. The van der Waals surface area contributed by atoms with Crippen LogP contribution in [0.3, 0.4) is 0 Å². The molecule has 1 aromatic carbocycles. The van der Waals surface area contributed by atoms with E-state index in [9.17, 15) is 9.59 Å². The lowest BCUT2D eigenvalue weighted by Gasteiger charge is -2.40. The molecule has 2 atom stereocenters. The summed E-state index contributed by atoms with van der Waals surface area (Å²) >= 11 is 6.12. The number of allylic oxidation sites excluding steroid dienone is 2. The van der Waals surface area contributed by atoms with E-state index in [1.807, 2.05) is 19.9 Å². The van der Waals surface area contributed by atoms with Crippen molar-refractivity contribution < 1.29 is 19.1 Å². The van der Waals surface area contributed by atoms with Gasteiger partial charge in [-0.25, -0.2) is 0 Å². The van der Waals surface area contributed by atoms with Crippen molar-refractivity contribution in [3.8, 4) is 0 Å². The predicted molar refractivity (Wildman–Crippen MR) is 93.6 cm³/mol. The first kappa shape index (κ1) is 17.7. The van der Waals surface area contributed by atoms with Gasteiger partial charge in [0.2, 0.25) is 5.90 Å². The minimum Gasteiger partial charge on any atom is -0.468 e. The number of rotatable bonds is 2. The summed E-state index contributed by atoms with van der Waals surface area (Å²) in [5.41, 5.74) is 0.928. The zero-order valence-corrected chi connectivity index (χ0v) is 15.1. The van der Waals surface area contributed by atoms with Crippen LogP contribution in [0, 0.1) is 16.7 Å². The SMILES string of the molecule is COC(=O)C1C(=N)OC2=C(C(=O)CC(C)(C)C2)C1c1cccc(Cl)c1. The fourth-order valence-electron chi connectivity index (χ4n) is 3.66. The average molecular weight is 362 g/mol. The summed E-state index contributed by atoms with van der Waals surface area (Å²) in [6, 6.07) is 7.02. The third-order valence-electron chi connectivity index (χ3n) is 4.70. The Kier molecular flexibility index (Phi) is 4.45. The van der Waals surface area contributed by atoms with Crippen molar-refractivity contribution in [1.29, 1.82) is 5.41 Å². The van der Waals surface area contributed by atoms with Gasteiger partial charge >= 0.3 is 5.97 Å². The number of hydrogen-bond acceptors (Lipinski definition) is 5. The quantitative estimate of drug-likeness (QED) is 0.811. The molecule has 0 fully saturated rings. The van der Waals surface area contributed by atoms with E-state index in [-0.39, 0.29) is 17.1 Å². The van der Waals surface area contributed by atoms with Crippen LogP contribution in [0.15, 0.2) is 35.6 Å². The fraction of sp³-hybridized carbons (Fsp3) is 0.421. The van der Waals surface area contributed by atoms with E-state index < -0.39 is 17.8 Å². The van der Waals surface area contributed by atoms with Gasteiger partial charge in [0.05, 0.1) is 7.11 Å². The van der Waals surface area contributed by atoms with Crippen molar-refractivity contribution in [3.05, 3.63) is 46.2 Å². The van der Waals surface area contributed by atoms with Gasteiger partial charge < -0.3 is 9.47 Å². The number of Topliss-reactive ketones (excluding diaryl/α,β-unsaturated/α-hetero) is 1. The summed E-state index contributed by atoms with van der Waals surface area (Å²) in [5.74, 6) is -1.98. The van der Waals surface area contributed by atoms with E-state index in [0.29, 0.717) is 34.8 Å². The van der Waals surface area contributed by atoms with E-state index in [1.54, 1.807) is 18.2 Å². The standard InChI is InChI=1S/C19H20ClNO4/c1-19(2)8-12(22)15-13(9-19)25-17(21)16(18(23)24-3)14(15)10-5-4-6-11(20)7-10/h4-7,14,16,21H,8-9H2,1-3H3. The molecule has 1 heterocycles. The molecule has 0 spiro atoms. The number of halogens is 1. The van der Waals surface area contributed by atoms with Gasteiger partial charge in [0.25, 0.3) is 0 Å². The normalized spacial score (nSPS) is 25.3. The van der Waals surface area contributed by atoms with Gasteiger partial charge in [-0.1, -0.05) is 37.6 Å². The van der Waals surface area contributed by atoms with Crippen molar-refractivity contribution in [2.24, 2.45) is 11.3 Å². The molecule has 0 saturated carbocycles. The number of hydrogen-bond donors (Lipinski definition) is 1. The Morgan fingerprint density at radius 3 is 2.72 bits per heavy atom. The molecule has 2 unspecified atom stereocenters. The Morgan fingerprint density at radius 1 is 1.36 bits per heavy atom. The van der Waals surface area contributed by atoms with Gasteiger partial charge in [-0.05, 0) is 23.1 Å². The molecule has 0 aromatic heterocycles. The van der Waals surface area contributed by atoms with Gasteiger partial charge in [-0.2, -0.15) is 0 Å². The number of ketones is 1. The zero-order chi connectivity index (χ0) is 18.4. The minimum atomic E-state index is -0.993. The molecule has 1 aliphatic carbocycles. The molecule has 0 saturated heterocycles. The van der Waals surface area contributed by atoms with E-state index in [1.165, 1.54) is 7.11 Å². The van der Waals surface area contributed by atoms with Crippen LogP contribution < -0.4 is 0 Å². The number of esters is 1. The van der Waals surface area contributed by atoms with Crippen LogP contribution in [0.5, 0.6) is 0 Å². The highest BCUT2D eigenvalue weighted by Gasteiger charge is 2.49. The summed E-state index contributed by atoms with van der Waals surface area (Å²) in [4.78, 5) is 25.2. The lowest BCUT2D eigenvalue weighted by molar-refractivity contribution is -0.144. The molecule has 5 nitrogen and oxygen atoms in total. The van der Waals surface area contributed by atoms with Crippen LogP contribution >= 0.6 is 11.6 Å². The van der Waals surface area contributed by atoms with E-state index in [2.05, 4.69) is 0 Å². The minimum absolute atomic E-state index is 0.0578. The second-order valence-electron chi connectivity index (χ2n) is 7.28. The number of ether oxygens (including phenoxy) is 2. The lowest BCUT2D eigenvalue weighted by atomic mass is 9.68. The number of nitrogens with one attached hydrogen (secondary N) is 1. The first-order valence-corrected chi connectivity index (χ1v) is 8.47. The molecule has 0 bridgehead atoms. The summed E-state index contributed by atoms with van der Waals surface area (Å²) in [7, 11) is 1.26. The first-order chi connectivity index (χ1) is 11.7.